The number of ether oxygens (including phenoxy) is 1. The maximum atomic E-state index is 11.5. The lowest BCUT2D eigenvalue weighted by Crippen LogP contribution is -2.24. The van der Waals surface area contributed by atoms with Crippen molar-refractivity contribution in [2.75, 3.05) is 12.3 Å². The summed E-state index contributed by atoms with van der Waals surface area (Å²) in [6.07, 6.45) is -0.567. The number of nitrogens with one attached hydrogen (secondary N) is 2. The van der Waals surface area contributed by atoms with Gasteiger partial charge in [0.05, 0.1) is 6.54 Å². The first-order valence-electron chi connectivity index (χ1n) is 6.38. The van der Waals surface area contributed by atoms with Crippen molar-refractivity contribution in [1.82, 2.24) is 15.5 Å². The Morgan fingerprint density at radius 1 is 1.41 bits per heavy atom. The van der Waals surface area contributed by atoms with E-state index in [0.717, 1.165) is 5.56 Å². The third kappa shape index (κ3) is 4.02. The zero-order valence-corrected chi connectivity index (χ0v) is 11.6. The number of hydrogen-bond acceptors (Lipinski definition) is 5. The van der Waals surface area contributed by atoms with E-state index in [4.69, 9.17) is 15.7 Å². The highest BCUT2D eigenvalue weighted by Gasteiger charge is 2.07. The molecule has 0 aliphatic heterocycles. The number of hydrogen-bond donors (Lipinski definition) is 3. The summed E-state index contributed by atoms with van der Waals surface area (Å²) in [5, 5.41) is 17.6. The fourth-order valence-electron chi connectivity index (χ4n) is 1.58. The monoisotopic (exact) mass is 295 g/mol. The average molecular weight is 295 g/mol. The van der Waals surface area contributed by atoms with Crippen molar-refractivity contribution >= 4 is 11.9 Å². The number of rotatable bonds is 3. The smallest absolute Gasteiger partial charge is 0.408 e. The molecule has 7 heteroatoms. The minimum Gasteiger partial charge on any atom is -0.445 e. The van der Waals surface area contributed by atoms with Gasteiger partial charge in [0.2, 0.25) is 0 Å². The van der Waals surface area contributed by atoms with Crippen LogP contribution < -0.4 is 11.1 Å². The maximum Gasteiger partial charge on any atom is 0.408 e. The molecule has 0 saturated heterocycles. The van der Waals surface area contributed by atoms with E-state index >= 15 is 0 Å². The molecule has 0 bridgehead atoms. The van der Waals surface area contributed by atoms with Crippen LogP contribution in [0.3, 0.4) is 0 Å². The topological polar surface area (TPSA) is 117 Å². The molecule has 110 valence electrons. The third-order valence-electron chi connectivity index (χ3n) is 2.65. The van der Waals surface area contributed by atoms with E-state index in [1.54, 1.807) is 0 Å². The Bertz CT molecular complexity index is 750. The molecule has 1 amide bonds. The number of aromatic nitrogens is 2. The number of amides is 1. The molecule has 22 heavy (non-hydrogen) atoms. The predicted molar refractivity (Wildman–Crippen MR) is 79.2 cm³/mol. The van der Waals surface area contributed by atoms with E-state index in [0.29, 0.717) is 5.69 Å². The van der Waals surface area contributed by atoms with Gasteiger partial charge >= 0.3 is 6.09 Å². The Balaban J connectivity index is 1.78. The summed E-state index contributed by atoms with van der Waals surface area (Å²) in [6, 6.07) is 11.2. The van der Waals surface area contributed by atoms with Gasteiger partial charge in [-0.05, 0) is 11.5 Å². The largest absolute Gasteiger partial charge is 0.445 e. The second kappa shape index (κ2) is 7.36. The normalized spacial score (nSPS) is 9.23. The van der Waals surface area contributed by atoms with Crippen LogP contribution in [0.25, 0.3) is 0 Å². The van der Waals surface area contributed by atoms with Gasteiger partial charge in [0.25, 0.3) is 0 Å². The molecule has 0 aliphatic rings. The summed E-state index contributed by atoms with van der Waals surface area (Å²) in [4.78, 5) is 11.5. The summed E-state index contributed by atoms with van der Waals surface area (Å²) in [6.45, 7) is 0.271. The number of alkyl carbamates (subject to hydrolysis) is 1. The molecule has 4 N–H and O–H groups in total. The highest BCUT2D eigenvalue weighted by atomic mass is 16.5. The van der Waals surface area contributed by atoms with Crippen molar-refractivity contribution in [3.63, 3.8) is 0 Å². The molecule has 0 atom stereocenters. The molecule has 0 aliphatic carbocycles. The van der Waals surface area contributed by atoms with E-state index in [1.165, 1.54) is 0 Å². The summed E-state index contributed by atoms with van der Waals surface area (Å²) >= 11 is 0. The van der Waals surface area contributed by atoms with Gasteiger partial charge in [0.1, 0.15) is 23.9 Å². The van der Waals surface area contributed by atoms with Gasteiger partial charge in [0, 0.05) is 0 Å². The van der Waals surface area contributed by atoms with Crippen molar-refractivity contribution in [3.05, 3.63) is 47.2 Å². The van der Waals surface area contributed by atoms with E-state index in [-0.39, 0.29) is 24.5 Å². The second-order valence-corrected chi connectivity index (χ2v) is 4.19. The molecule has 1 aromatic heterocycles. The lowest BCUT2D eigenvalue weighted by atomic mass is 10.2. The lowest BCUT2D eigenvalue weighted by molar-refractivity contribution is 0.141. The van der Waals surface area contributed by atoms with Gasteiger partial charge in [-0.25, -0.2) is 4.79 Å². The molecule has 1 heterocycles. The molecule has 0 fully saturated rings. The van der Waals surface area contributed by atoms with Crippen LogP contribution in [0.5, 0.6) is 0 Å². The van der Waals surface area contributed by atoms with Crippen LogP contribution in [-0.4, -0.2) is 22.8 Å². The molecular weight excluding hydrogens is 282 g/mol. The molecule has 0 saturated carbocycles. The number of benzene rings is 1. The van der Waals surface area contributed by atoms with Crippen LogP contribution in [0.2, 0.25) is 0 Å². The number of nitrogens with zero attached hydrogens (tertiary/aromatic N) is 2. The quantitative estimate of drug-likeness (QED) is 0.734. The van der Waals surface area contributed by atoms with Gasteiger partial charge in [-0.1, -0.05) is 36.3 Å². The minimum absolute atomic E-state index is 0.0808. The van der Waals surface area contributed by atoms with Crippen molar-refractivity contribution in [1.29, 1.82) is 5.26 Å². The average Bonchev–Trinajstić information content (AvgIpc) is 2.90. The number of carbonyl (C=O) groups excluding carboxylic acids is 1. The predicted octanol–water partition coefficient (Wildman–Crippen LogP) is 1.14. The van der Waals surface area contributed by atoms with Crippen LogP contribution in [0.1, 0.15) is 16.8 Å². The fraction of sp³-hybridized carbons (Fsp3) is 0.133. The molecule has 0 unspecified atom stereocenters. The van der Waals surface area contributed by atoms with Gasteiger partial charge < -0.3 is 15.8 Å². The Kier molecular flexibility index (Phi) is 5.00. The SMILES string of the molecule is N#Cc1c(N)n[nH]c1C#CCNC(=O)OCc1ccccc1. The maximum absolute atomic E-state index is 11.5. The number of anilines is 1. The zero-order valence-electron chi connectivity index (χ0n) is 11.6. The molecule has 2 aromatic rings. The Labute approximate surface area is 127 Å². The van der Waals surface area contributed by atoms with E-state index in [1.807, 2.05) is 36.4 Å². The number of nitrogen functional groups attached to an aromatic ring is 1. The van der Waals surface area contributed by atoms with Gasteiger partial charge in [-0.3, -0.25) is 5.10 Å². The number of nitriles is 1. The van der Waals surface area contributed by atoms with Crippen molar-refractivity contribution in [2.45, 2.75) is 6.61 Å². The third-order valence-corrected chi connectivity index (χ3v) is 2.65. The molecule has 1 aromatic carbocycles. The van der Waals surface area contributed by atoms with Crippen molar-refractivity contribution in [2.24, 2.45) is 0 Å². The first-order valence-corrected chi connectivity index (χ1v) is 6.38. The Morgan fingerprint density at radius 3 is 2.91 bits per heavy atom. The highest BCUT2D eigenvalue weighted by Crippen LogP contribution is 2.09. The number of carbonyl (C=O) groups is 1. The standard InChI is InChI=1S/C15H13N5O2/c16-9-12-13(19-20-14(12)17)7-4-8-18-15(21)22-10-11-5-2-1-3-6-11/h1-3,5-6H,8,10H2,(H,18,21)(H3,17,19,20). The van der Waals surface area contributed by atoms with Gasteiger partial charge in [-0.15, -0.1) is 0 Å². The molecule has 7 nitrogen and oxygen atoms in total. The summed E-state index contributed by atoms with van der Waals surface area (Å²) in [5.41, 5.74) is 6.89. The number of aromatic amines is 1. The molecule has 2 rings (SSSR count). The van der Waals surface area contributed by atoms with Crippen LogP contribution >= 0.6 is 0 Å². The second-order valence-electron chi connectivity index (χ2n) is 4.19. The molecular formula is C15H13N5O2. The minimum atomic E-state index is -0.567. The van der Waals surface area contributed by atoms with Gasteiger partial charge in [0.15, 0.2) is 5.82 Å². The fourth-order valence-corrected chi connectivity index (χ4v) is 1.58. The first-order chi connectivity index (χ1) is 10.7. The van der Waals surface area contributed by atoms with Crippen LogP contribution in [-0.2, 0) is 11.3 Å². The van der Waals surface area contributed by atoms with E-state index < -0.39 is 6.09 Å². The molecule has 0 spiro atoms. The first kappa shape index (κ1) is 14.9. The zero-order chi connectivity index (χ0) is 15.8. The summed E-state index contributed by atoms with van der Waals surface area (Å²) < 4.78 is 5.02. The Hall–Kier alpha value is -3.45. The van der Waals surface area contributed by atoms with Crippen LogP contribution in [0, 0.1) is 23.2 Å². The van der Waals surface area contributed by atoms with Gasteiger partial charge in [-0.2, -0.15) is 10.4 Å². The van der Waals surface area contributed by atoms with Crippen LogP contribution in [0.4, 0.5) is 10.6 Å². The van der Waals surface area contributed by atoms with E-state index in [2.05, 4.69) is 27.4 Å². The number of H-pyrrole nitrogens is 1. The van der Waals surface area contributed by atoms with E-state index in [9.17, 15) is 4.79 Å². The van der Waals surface area contributed by atoms with Crippen LogP contribution in [0.15, 0.2) is 30.3 Å². The highest BCUT2D eigenvalue weighted by molar-refractivity contribution is 5.67. The van der Waals surface area contributed by atoms with Crippen molar-refractivity contribution in [3.8, 4) is 17.9 Å². The molecule has 0 radical (unpaired) electrons. The summed E-state index contributed by atoms with van der Waals surface area (Å²) in [7, 11) is 0. The summed E-state index contributed by atoms with van der Waals surface area (Å²) in [5.74, 6) is 5.45. The number of nitrogens with two attached hydrogens (primary N) is 1. The van der Waals surface area contributed by atoms with Crippen molar-refractivity contribution < 1.29 is 9.53 Å². The lowest BCUT2D eigenvalue weighted by Gasteiger charge is -2.04. The Morgan fingerprint density at radius 2 is 2.18 bits per heavy atom.